The third-order valence-corrected chi connectivity index (χ3v) is 5.82. The van der Waals surface area contributed by atoms with Crippen molar-refractivity contribution in [1.82, 2.24) is 5.32 Å². The van der Waals surface area contributed by atoms with Gasteiger partial charge in [0.2, 0.25) is 6.10 Å². The minimum Gasteiger partial charge on any atom is -0.482 e. The first-order valence-electron chi connectivity index (χ1n) is 9.32. The van der Waals surface area contributed by atoms with E-state index in [1.54, 1.807) is 0 Å². The molecule has 1 saturated heterocycles. The fraction of sp³-hybridized carbons (Fsp3) is 0.381. The van der Waals surface area contributed by atoms with Crippen molar-refractivity contribution in [2.45, 2.75) is 25.7 Å². The van der Waals surface area contributed by atoms with Gasteiger partial charge in [0, 0.05) is 36.8 Å². The Hall–Kier alpha value is -2.34. The quantitative estimate of drug-likeness (QED) is 0.878. The van der Waals surface area contributed by atoms with Crippen LogP contribution < -0.4 is 19.7 Å². The molecule has 2 atom stereocenters. The molecule has 2 aliphatic heterocycles. The number of thioether (sulfide) groups is 1. The second kappa shape index (κ2) is 8.13. The largest absolute Gasteiger partial charge is 0.482 e. The molecule has 6 heteroatoms. The monoisotopic (exact) mass is 384 g/mol. The number of para-hydroxylation sites is 2. The fourth-order valence-electron chi connectivity index (χ4n) is 3.34. The fourth-order valence-corrected chi connectivity index (χ4v) is 4.25. The summed E-state index contributed by atoms with van der Waals surface area (Å²) in [6.45, 7) is 4.52. The molecule has 2 aliphatic rings. The van der Waals surface area contributed by atoms with Crippen molar-refractivity contribution in [3.05, 3.63) is 54.1 Å². The lowest BCUT2D eigenvalue weighted by Gasteiger charge is -2.31. The number of fused-ring (bicyclic) bond motifs is 1. The summed E-state index contributed by atoms with van der Waals surface area (Å²) in [6.07, 6.45) is -0.982. The van der Waals surface area contributed by atoms with Gasteiger partial charge in [0.05, 0.1) is 0 Å². The predicted octanol–water partition coefficient (Wildman–Crippen LogP) is 3.08. The van der Waals surface area contributed by atoms with Crippen LogP contribution in [0.4, 0.5) is 5.69 Å². The number of hydrogen-bond acceptors (Lipinski definition) is 5. The molecule has 4 rings (SSSR count). The lowest BCUT2D eigenvalue weighted by molar-refractivity contribution is -0.133. The van der Waals surface area contributed by atoms with E-state index in [-0.39, 0.29) is 12.0 Å². The first-order chi connectivity index (χ1) is 13.2. The molecule has 1 amide bonds. The maximum absolute atomic E-state index is 12.6. The maximum atomic E-state index is 12.6. The molecule has 0 radical (unpaired) electrons. The highest BCUT2D eigenvalue weighted by molar-refractivity contribution is 7.99. The number of nitrogens with zero attached hydrogens (tertiary/aromatic N) is 1. The zero-order valence-electron chi connectivity index (χ0n) is 15.4. The first-order valence-corrected chi connectivity index (χ1v) is 10.5. The standard InChI is InChI=1S/C21H24N2O3S/c1-15-20(26-19-5-3-2-4-18(19)25-15)21(24)22-14-16-6-8-17(9-7-16)23-10-12-27-13-11-23/h2-9,15,20H,10-14H2,1H3,(H,22,24)/t15-,20+/m0/s1. The number of benzene rings is 2. The van der Waals surface area contributed by atoms with E-state index in [1.165, 1.54) is 17.2 Å². The summed E-state index contributed by atoms with van der Waals surface area (Å²) in [5, 5.41) is 2.97. The first kappa shape index (κ1) is 18.0. The average Bonchev–Trinajstić information content (AvgIpc) is 2.72. The van der Waals surface area contributed by atoms with Gasteiger partial charge in [-0.15, -0.1) is 0 Å². The smallest absolute Gasteiger partial charge is 0.265 e. The third kappa shape index (κ3) is 4.16. The summed E-state index contributed by atoms with van der Waals surface area (Å²) in [7, 11) is 0. The van der Waals surface area contributed by atoms with Gasteiger partial charge in [-0.1, -0.05) is 24.3 Å². The zero-order chi connectivity index (χ0) is 18.6. The highest BCUT2D eigenvalue weighted by atomic mass is 32.2. The van der Waals surface area contributed by atoms with Crippen molar-refractivity contribution in [1.29, 1.82) is 0 Å². The van der Waals surface area contributed by atoms with Crippen LogP contribution in [0.5, 0.6) is 11.5 Å². The highest BCUT2D eigenvalue weighted by Crippen LogP contribution is 2.33. The number of nitrogens with one attached hydrogen (secondary N) is 1. The van der Waals surface area contributed by atoms with E-state index in [9.17, 15) is 4.79 Å². The maximum Gasteiger partial charge on any atom is 0.265 e. The van der Waals surface area contributed by atoms with Crippen LogP contribution in [0.1, 0.15) is 12.5 Å². The van der Waals surface area contributed by atoms with E-state index in [0.717, 1.165) is 18.7 Å². The predicted molar refractivity (Wildman–Crippen MR) is 109 cm³/mol. The van der Waals surface area contributed by atoms with Gasteiger partial charge in [-0.05, 0) is 36.8 Å². The summed E-state index contributed by atoms with van der Waals surface area (Å²) in [4.78, 5) is 15.0. The van der Waals surface area contributed by atoms with Gasteiger partial charge in [0.15, 0.2) is 11.5 Å². The Kier molecular flexibility index (Phi) is 5.43. The lowest BCUT2D eigenvalue weighted by atomic mass is 10.1. The molecule has 0 unspecified atom stereocenters. The highest BCUT2D eigenvalue weighted by Gasteiger charge is 2.33. The van der Waals surface area contributed by atoms with Gasteiger partial charge >= 0.3 is 0 Å². The molecule has 0 aliphatic carbocycles. The molecule has 5 nitrogen and oxygen atoms in total. The second-order valence-corrected chi connectivity index (χ2v) is 8.02. The Morgan fingerprint density at radius 2 is 1.74 bits per heavy atom. The number of anilines is 1. The summed E-state index contributed by atoms with van der Waals surface area (Å²) in [6, 6.07) is 15.9. The number of ether oxygens (including phenoxy) is 2. The molecule has 142 valence electrons. The third-order valence-electron chi connectivity index (χ3n) is 4.88. The van der Waals surface area contributed by atoms with Crippen LogP contribution >= 0.6 is 11.8 Å². The molecule has 27 heavy (non-hydrogen) atoms. The van der Waals surface area contributed by atoms with E-state index >= 15 is 0 Å². The van der Waals surface area contributed by atoms with Gasteiger partial charge in [0.25, 0.3) is 5.91 Å². The van der Waals surface area contributed by atoms with Crippen molar-refractivity contribution < 1.29 is 14.3 Å². The van der Waals surface area contributed by atoms with Crippen LogP contribution in [0.15, 0.2) is 48.5 Å². The van der Waals surface area contributed by atoms with E-state index < -0.39 is 6.10 Å². The van der Waals surface area contributed by atoms with Gasteiger partial charge in [-0.2, -0.15) is 11.8 Å². The van der Waals surface area contributed by atoms with Crippen molar-refractivity contribution in [2.24, 2.45) is 0 Å². The molecule has 2 aromatic rings. The van der Waals surface area contributed by atoms with Gasteiger partial charge < -0.3 is 19.7 Å². The topological polar surface area (TPSA) is 50.8 Å². The summed E-state index contributed by atoms with van der Waals surface area (Å²) in [5.41, 5.74) is 2.32. The molecule has 2 heterocycles. The van der Waals surface area contributed by atoms with Crippen LogP contribution in [0.2, 0.25) is 0 Å². The Morgan fingerprint density at radius 3 is 2.44 bits per heavy atom. The van der Waals surface area contributed by atoms with Crippen LogP contribution in [0.3, 0.4) is 0 Å². The van der Waals surface area contributed by atoms with Crippen LogP contribution in [-0.4, -0.2) is 42.7 Å². The minimum atomic E-state index is -0.648. The van der Waals surface area contributed by atoms with E-state index in [0.29, 0.717) is 18.0 Å². The van der Waals surface area contributed by atoms with Crippen molar-refractivity contribution >= 4 is 23.4 Å². The van der Waals surface area contributed by atoms with Gasteiger partial charge in [-0.25, -0.2) is 0 Å². The number of hydrogen-bond donors (Lipinski definition) is 1. The Bertz CT molecular complexity index is 790. The van der Waals surface area contributed by atoms with E-state index in [1.807, 2.05) is 43.0 Å². The normalized spacial score (nSPS) is 21.6. The Labute approximate surface area is 164 Å². The van der Waals surface area contributed by atoms with E-state index in [2.05, 4.69) is 34.5 Å². The number of carbonyl (C=O) groups is 1. The molecular formula is C21H24N2O3S. The molecule has 1 N–H and O–H groups in total. The Morgan fingerprint density at radius 1 is 1.07 bits per heavy atom. The number of rotatable bonds is 4. The Balaban J connectivity index is 1.34. The van der Waals surface area contributed by atoms with E-state index in [4.69, 9.17) is 9.47 Å². The van der Waals surface area contributed by atoms with Crippen LogP contribution in [0.25, 0.3) is 0 Å². The van der Waals surface area contributed by atoms with Crippen LogP contribution in [-0.2, 0) is 11.3 Å². The summed E-state index contributed by atoms with van der Waals surface area (Å²) >= 11 is 2.01. The molecule has 0 aromatic heterocycles. The molecule has 1 fully saturated rings. The average molecular weight is 385 g/mol. The molecule has 2 aromatic carbocycles. The summed E-state index contributed by atoms with van der Waals surface area (Å²) < 4.78 is 11.7. The molecular weight excluding hydrogens is 360 g/mol. The van der Waals surface area contributed by atoms with Crippen molar-refractivity contribution in [3.63, 3.8) is 0 Å². The van der Waals surface area contributed by atoms with Gasteiger partial charge in [0.1, 0.15) is 6.10 Å². The second-order valence-electron chi connectivity index (χ2n) is 6.79. The van der Waals surface area contributed by atoms with Gasteiger partial charge in [-0.3, -0.25) is 4.79 Å². The number of carbonyl (C=O) groups excluding carboxylic acids is 1. The summed E-state index contributed by atoms with van der Waals surface area (Å²) in [5.74, 6) is 3.50. The van der Waals surface area contributed by atoms with Crippen molar-refractivity contribution in [3.8, 4) is 11.5 Å². The number of amides is 1. The molecule has 0 spiro atoms. The zero-order valence-corrected chi connectivity index (χ0v) is 16.2. The SMILES string of the molecule is C[C@@H]1Oc2ccccc2O[C@H]1C(=O)NCc1ccc(N2CCSCC2)cc1. The molecule has 0 saturated carbocycles. The lowest BCUT2D eigenvalue weighted by Crippen LogP contribution is -2.48. The minimum absolute atomic E-state index is 0.158. The van der Waals surface area contributed by atoms with Crippen molar-refractivity contribution in [2.75, 3.05) is 29.5 Å². The van der Waals surface area contributed by atoms with Crippen LogP contribution in [0, 0.1) is 0 Å². The molecule has 0 bridgehead atoms.